The van der Waals surface area contributed by atoms with Crippen molar-refractivity contribution >= 4 is 11.6 Å². The third-order valence-corrected chi connectivity index (χ3v) is 5.17. The molecule has 0 bridgehead atoms. The highest BCUT2D eigenvalue weighted by molar-refractivity contribution is 6.30. The molecule has 1 unspecified atom stereocenters. The summed E-state index contributed by atoms with van der Waals surface area (Å²) in [5.74, 6) is -0.434. The van der Waals surface area contributed by atoms with Gasteiger partial charge in [0.1, 0.15) is 5.82 Å². The van der Waals surface area contributed by atoms with Crippen molar-refractivity contribution in [3.63, 3.8) is 0 Å². The molecule has 1 aromatic carbocycles. The van der Waals surface area contributed by atoms with E-state index in [1.165, 1.54) is 6.07 Å². The normalized spacial score (nSPS) is 22.0. The Balaban J connectivity index is 2.10. The van der Waals surface area contributed by atoms with Crippen molar-refractivity contribution in [3.05, 3.63) is 34.6 Å². The van der Waals surface area contributed by atoms with Crippen LogP contribution >= 0.6 is 11.6 Å². The molecule has 2 rings (SSSR count). The summed E-state index contributed by atoms with van der Waals surface area (Å²) in [6.45, 7) is 4.50. The molecule has 1 N–H and O–H groups in total. The highest BCUT2D eigenvalue weighted by Gasteiger charge is 2.43. The van der Waals surface area contributed by atoms with Gasteiger partial charge in [0.25, 0.3) is 0 Å². The number of hydrogen-bond donors (Lipinski definition) is 1. The van der Waals surface area contributed by atoms with E-state index in [-0.39, 0.29) is 5.02 Å². The Hall–Kier alpha value is -0.640. The number of methoxy groups -OCH3 is 1. The van der Waals surface area contributed by atoms with Crippen LogP contribution in [0.4, 0.5) is 4.39 Å². The molecule has 1 fully saturated rings. The van der Waals surface area contributed by atoms with Gasteiger partial charge in [0.2, 0.25) is 0 Å². The Morgan fingerprint density at radius 3 is 2.43 bits per heavy atom. The lowest BCUT2D eigenvalue weighted by molar-refractivity contribution is -0.135. The first-order valence-electron chi connectivity index (χ1n) is 7.45. The summed E-state index contributed by atoms with van der Waals surface area (Å²) < 4.78 is 18.9. The Labute approximate surface area is 131 Å². The number of ether oxygens (including phenoxy) is 1. The van der Waals surface area contributed by atoms with Crippen LogP contribution in [0.5, 0.6) is 0 Å². The quantitative estimate of drug-likeness (QED) is 0.894. The smallest absolute Gasteiger partial charge is 0.141 e. The zero-order chi connectivity index (χ0) is 15.7. The molecule has 1 atom stereocenters. The third-order valence-electron chi connectivity index (χ3n) is 4.88. The van der Waals surface area contributed by atoms with Crippen LogP contribution in [0.2, 0.25) is 5.02 Å². The zero-order valence-corrected chi connectivity index (χ0v) is 13.7. The first kappa shape index (κ1) is 16.7. The maximum Gasteiger partial charge on any atom is 0.141 e. The van der Waals surface area contributed by atoms with Gasteiger partial charge in [-0.3, -0.25) is 0 Å². The van der Waals surface area contributed by atoms with Gasteiger partial charge < -0.3 is 9.84 Å². The van der Waals surface area contributed by atoms with Crippen molar-refractivity contribution in [3.8, 4) is 0 Å². The van der Waals surface area contributed by atoms with Gasteiger partial charge in [-0.2, -0.15) is 0 Å². The first-order chi connectivity index (χ1) is 9.78. The molecule has 1 saturated carbocycles. The van der Waals surface area contributed by atoms with Gasteiger partial charge in [-0.25, -0.2) is 4.39 Å². The van der Waals surface area contributed by atoms with Crippen molar-refractivity contribution in [2.45, 2.75) is 57.7 Å². The van der Waals surface area contributed by atoms with Crippen LogP contribution < -0.4 is 0 Å². The van der Waals surface area contributed by atoms with Gasteiger partial charge in [0, 0.05) is 13.5 Å². The Morgan fingerprint density at radius 1 is 1.29 bits per heavy atom. The highest BCUT2D eigenvalue weighted by atomic mass is 35.5. The van der Waals surface area contributed by atoms with Crippen molar-refractivity contribution < 1.29 is 14.2 Å². The molecule has 118 valence electrons. The van der Waals surface area contributed by atoms with Gasteiger partial charge in [0.15, 0.2) is 0 Å². The van der Waals surface area contributed by atoms with E-state index in [9.17, 15) is 9.50 Å². The van der Waals surface area contributed by atoms with E-state index in [0.29, 0.717) is 11.8 Å². The van der Waals surface area contributed by atoms with Crippen molar-refractivity contribution in [2.75, 3.05) is 7.11 Å². The van der Waals surface area contributed by atoms with Gasteiger partial charge >= 0.3 is 0 Å². The fourth-order valence-corrected chi connectivity index (χ4v) is 3.30. The number of rotatable bonds is 4. The summed E-state index contributed by atoms with van der Waals surface area (Å²) in [4.78, 5) is 0. The lowest BCUT2D eigenvalue weighted by Gasteiger charge is -2.45. The number of halogens is 2. The average Bonchev–Trinajstić information content (AvgIpc) is 2.43. The van der Waals surface area contributed by atoms with Crippen LogP contribution in [-0.2, 0) is 11.2 Å². The first-order valence-corrected chi connectivity index (χ1v) is 7.83. The molecule has 1 aliphatic rings. The van der Waals surface area contributed by atoms with Crippen LogP contribution in [0.25, 0.3) is 0 Å². The Kier molecular flexibility index (Phi) is 4.96. The maximum atomic E-state index is 13.2. The molecule has 0 amide bonds. The lowest BCUT2D eigenvalue weighted by Crippen LogP contribution is -2.49. The van der Waals surface area contributed by atoms with Crippen molar-refractivity contribution in [2.24, 2.45) is 5.41 Å². The standard InChI is InChI=1S/C17H24ClFO2/c1-16(2)6-8-17(21-3,9-7-16)15(20)11-12-4-5-14(19)13(18)10-12/h4-5,10,15,20H,6-9,11H2,1-3H3. The minimum absolute atomic E-state index is 0.0935. The molecule has 2 nitrogen and oxygen atoms in total. The van der Waals surface area contributed by atoms with Crippen LogP contribution in [0.3, 0.4) is 0 Å². The number of aliphatic hydroxyl groups is 1. The second-order valence-corrected chi connectivity index (χ2v) is 7.31. The molecule has 0 heterocycles. The Bertz CT molecular complexity index is 492. The third kappa shape index (κ3) is 3.77. The van der Waals surface area contributed by atoms with E-state index in [1.807, 2.05) is 0 Å². The minimum atomic E-state index is -0.611. The molecule has 21 heavy (non-hydrogen) atoms. The lowest BCUT2D eigenvalue weighted by atomic mass is 9.68. The minimum Gasteiger partial charge on any atom is -0.390 e. The van der Waals surface area contributed by atoms with Crippen LogP contribution in [0, 0.1) is 11.2 Å². The van der Waals surface area contributed by atoms with Crippen LogP contribution in [0.15, 0.2) is 18.2 Å². The summed E-state index contributed by atoms with van der Waals surface area (Å²) in [6, 6.07) is 4.59. The molecule has 4 heteroatoms. The molecule has 0 aromatic heterocycles. The largest absolute Gasteiger partial charge is 0.390 e. The fourth-order valence-electron chi connectivity index (χ4n) is 3.10. The van der Waals surface area contributed by atoms with E-state index in [2.05, 4.69) is 13.8 Å². The molecular formula is C17H24ClFO2. The predicted octanol–water partition coefficient (Wildman–Crippen LogP) is 4.37. The van der Waals surface area contributed by atoms with E-state index in [4.69, 9.17) is 16.3 Å². The SMILES string of the molecule is COC1(C(O)Cc2ccc(F)c(Cl)c2)CCC(C)(C)CC1. The highest BCUT2D eigenvalue weighted by Crippen LogP contribution is 2.44. The fraction of sp³-hybridized carbons (Fsp3) is 0.647. The van der Waals surface area contributed by atoms with E-state index in [0.717, 1.165) is 31.2 Å². The van der Waals surface area contributed by atoms with Crippen LogP contribution in [-0.4, -0.2) is 23.9 Å². The van der Waals surface area contributed by atoms with E-state index in [1.54, 1.807) is 19.2 Å². The van der Waals surface area contributed by atoms with Crippen molar-refractivity contribution in [1.29, 1.82) is 0 Å². The maximum absolute atomic E-state index is 13.2. The molecule has 0 radical (unpaired) electrons. The van der Waals surface area contributed by atoms with Gasteiger partial charge in [-0.05, 0) is 48.8 Å². The van der Waals surface area contributed by atoms with Gasteiger partial charge in [0.05, 0.1) is 16.7 Å². The molecular weight excluding hydrogens is 291 g/mol. The monoisotopic (exact) mass is 314 g/mol. The topological polar surface area (TPSA) is 29.5 Å². The summed E-state index contributed by atoms with van der Waals surface area (Å²) in [5.41, 5.74) is 0.632. The summed E-state index contributed by atoms with van der Waals surface area (Å²) in [6.07, 6.45) is 3.55. The van der Waals surface area contributed by atoms with Gasteiger partial charge in [-0.15, -0.1) is 0 Å². The molecule has 1 aromatic rings. The zero-order valence-electron chi connectivity index (χ0n) is 13.0. The molecule has 0 aliphatic heterocycles. The number of benzene rings is 1. The second kappa shape index (κ2) is 6.23. The molecule has 0 saturated heterocycles. The average molecular weight is 315 g/mol. The van der Waals surface area contributed by atoms with Crippen LogP contribution in [0.1, 0.15) is 45.1 Å². The summed E-state index contributed by atoms with van der Waals surface area (Å²) >= 11 is 5.80. The molecule has 0 spiro atoms. The summed E-state index contributed by atoms with van der Waals surface area (Å²) in [7, 11) is 1.67. The van der Waals surface area contributed by atoms with E-state index < -0.39 is 17.5 Å². The van der Waals surface area contributed by atoms with Gasteiger partial charge in [-0.1, -0.05) is 31.5 Å². The number of hydrogen-bond acceptors (Lipinski definition) is 2. The second-order valence-electron chi connectivity index (χ2n) is 6.90. The number of aliphatic hydroxyl groups excluding tert-OH is 1. The summed E-state index contributed by atoms with van der Waals surface area (Å²) in [5, 5.41) is 10.7. The predicted molar refractivity (Wildman–Crippen MR) is 83.1 cm³/mol. The van der Waals surface area contributed by atoms with Crippen molar-refractivity contribution in [1.82, 2.24) is 0 Å². The molecule has 1 aliphatic carbocycles. The Morgan fingerprint density at radius 2 is 1.90 bits per heavy atom. The van der Waals surface area contributed by atoms with E-state index >= 15 is 0 Å².